The van der Waals surface area contributed by atoms with Gasteiger partial charge in [0.2, 0.25) is 11.8 Å². The van der Waals surface area contributed by atoms with E-state index in [1.54, 1.807) is 21.0 Å². The zero-order chi connectivity index (χ0) is 33.0. The summed E-state index contributed by atoms with van der Waals surface area (Å²) in [6.45, 7) is 8.81. The van der Waals surface area contributed by atoms with E-state index in [0.717, 1.165) is 17.8 Å². The van der Waals surface area contributed by atoms with Crippen LogP contribution < -0.4 is 10.1 Å². The summed E-state index contributed by atoms with van der Waals surface area (Å²) >= 11 is 1.05. The lowest BCUT2D eigenvalue weighted by Gasteiger charge is -2.34. The van der Waals surface area contributed by atoms with Gasteiger partial charge in [-0.25, -0.2) is 28.5 Å². The molecule has 4 rings (SSSR count). The first-order valence-electron chi connectivity index (χ1n) is 14.3. The van der Waals surface area contributed by atoms with Crippen molar-refractivity contribution in [2.45, 2.75) is 49.3 Å². The number of nitrogens with zero attached hydrogens (tertiary/aromatic N) is 4. The number of aliphatic imine (C=N–C) groups is 1. The van der Waals surface area contributed by atoms with Crippen LogP contribution in [-0.2, 0) is 19.8 Å². The summed E-state index contributed by atoms with van der Waals surface area (Å²) in [7, 11) is 1.97. The molecule has 0 unspecified atom stereocenters. The van der Waals surface area contributed by atoms with Crippen LogP contribution in [-0.4, -0.2) is 79.0 Å². The SMILES string of the molecule is C#CCOc1cnc(/C(F)=C/c2ccc(F)c([C@@]3(C)N=C(OC(=O)NCOCC[Si](C)(C)C)S[C@@]4(C(=O)N(C)C)C[C@H]43)c2)cn1. The molecule has 1 saturated carbocycles. The lowest BCUT2D eigenvalue weighted by atomic mass is 9.84. The number of hydrogen-bond donors (Lipinski definition) is 1. The van der Waals surface area contributed by atoms with Gasteiger partial charge in [0.05, 0.1) is 17.9 Å². The Balaban J connectivity index is 1.59. The van der Waals surface area contributed by atoms with Gasteiger partial charge in [0.1, 0.15) is 23.0 Å². The highest BCUT2D eigenvalue weighted by molar-refractivity contribution is 8.15. The van der Waals surface area contributed by atoms with Crippen molar-refractivity contribution in [2.75, 3.05) is 34.0 Å². The highest BCUT2D eigenvalue weighted by atomic mass is 32.2. The quantitative estimate of drug-likeness (QED) is 0.150. The third kappa shape index (κ3) is 8.08. The maximum atomic E-state index is 15.5. The molecule has 45 heavy (non-hydrogen) atoms. The smallest absolute Gasteiger partial charge is 0.416 e. The molecule has 10 nitrogen and oxygen atoms in total. The van der Waals surface area contributed by atoms with Crippen LogP contribution in [0.25, 0.3) is 11.9 Å². The number of amides is 2. The molecule has 14 heteroatoms. The van der Waals surface area contributed by atoms with E-state index in [9.17, 15) is 9.59 Å². The van der Waals surface area contributed by atoms with Crippen molar-refractivity contribution >= 4 is 49.0 Å². The van der Waals surface area contributed by atoms with Crippen molar-refractivity contribution in [3.63, 3.8) is 0 Å². The van der Waals surface area contributed by atoms with Crippen molar-refractivity contribution in [1.29, 1.82) is 0 Å². The van der Waals surface area contributed by atoms with Crippen LogP contribution in [0, 0.1) is 24.1 Å². The van der Waals surface area contributed by atoms with Crippen LogP contribution in [0.5, 0.6) is 5.88 Å². The van der Waals surface area contributed by atoms with Crippen LogP contribution in [0.4, 0.5) is 13.6 Å². The monoisotopic (exact) mass is 657 g/mol. The van der Waals surface area contributed by atoms with E-state index in [4.69, 9.17) is 20.6 Å². The van der Waals surface area contributed by atoms with Gasteiger partial charge in [-0.05, 0) is 54.9 Å². The Morgan fingerprint density at radius 1 is 1.27 bits per heavy atom. The molecule has 2 aliphatic rings. The fourth-order valence-electron chi connectivity index (χ4n) is 4.95. The van der Waals surface area contributed by atoms with Crippen molar-refractivity contribution in [3.05, 3.63) is 53.2 Å². The molecule has 1 aromatic carbocycles. The number of fused-ring (bicyclic) bond motifs is 1. The summed E-state index contributed by atoms with van der Waals surface area (Å²) < 4.78 is 45.9. The Morgan fingerprint density at radius 2 is 2.02 bits per heavy atom. The molecule has 2 amide bonds. The van der Waals surface area contributed by atoms with Crippen molar-refractivity contribution < 1.29 is 32.6 Å². The largest absolute Gasteiger partial charge is 0.463 e. The van der Waals surface area contributed by atoms with Gasteiger partial charge in [-0.2, -0.15) is 0 Å². The Hall–Kier alpha value is -3.80. The lowest BCUT2D eigenvalue weighted by Crippen LogP contribution is -2.43. The number of ether oxygens (including phenoxy) is 3. The van der Waals surface area contributed by atoms with Crippen LogP contribution in [0.3, 0.4) is 0 Å². The van der Waals surface area contributed by atoms with E-state index in [1.807, 2.05) is 0 Å². The third-order valence-electron chi connectivity index (χ3n) is 7.45. The molecular weight excluding hydrogens is 621 g/mol. The van der Waals surface area contributed by atoms with Gasteiger partial charge in [-0.15, -0.1) is 6.42 Å². The van der Waals surface area contributed by atoms with Crippen molar-refractivity contribution in [3.8, 4) is 18.2 Å². The predicted molar refractivity (Wildman–Crippen MR) is 172 cm³/mol. The van der Waals surface area contributed by atoms with E-state index >= 15 is 8.78 Å². The Labute approximate surface area is 267 Å². The first-order chi connectivity index (χ1) is 21.2. The molecule has 1 aliphatic heterocycles. The number of carbonyl (C=O) groups excluding carboxylic acids is 2. The predicted octanol–water partition coefficient (Wildman–Crippen LogP) is 5.30. The van der Waals surface area contributed by atoms with Crippen LogP contribution in [0.2, 0.25) is 25.7 Å². The number of terminal acetylenes is 1. The van der Waals surface area contributed by atoms with Gasteiger partial charge >= 0.3 is 6.09 Å². The van der Waals surface area contributed by atoms with Gasteiger partial charge in [-0.3, -0.25) is 10.1 Å². The molecule has 2 aromatic rings. The normalized spacial score (nSPS) is 22.4. The van der Waals surface area contributed by atoms with E-state index in [2.05, 4.69) is 45.8 Å². The van der Waals surface area contributed by atoms with Crippen molar-refractivity contribution in [1.82, 2.24) is 20.2 Å². The number of hydrogen-bond acceptors (Lipinski definition) is 9. The van der Waals surface area contributed by atoms with E-state index in [-0.39, 0.29) is 41.6 Å². The fourth-order valence-corrected chi connectivity index (χ4v) is 7.27. The van der Waals surface area contributed by atoms with Crippen LogP contribution in [0.1, 0.15) is 30.2 Å². The maximum absolute atomic E-state index is 15.5. The highest BCUT2D eigenvalue weighted by Crippen LogP contribution is 2.67. The summed E-state index contributed by atoms with van der Waals surface area (Å²) in [5.74, 6) is 0.525. The minimum atomic E-state index is -1.30. The van der Waals surface area contributed by atoms with Gasteiger partial charge in [-0.1, -0.05) is 31.6 Å². The topological polar surface area (TPSA) is 115 Å². The van der Waals surface area contributed by atoms with Gasteiger partial charge in [0.25, 0.3) is 5.23 Å². The molecule has 1 aliphatic carbocycles. The number of rotatable bonds is 11. The van der Waals surface area contributed by atoms with Gasteiger partial charge < -0.3 is 19.1 Å². The second-order valence-corrected chi connectivity index (χ2v) is 19.3. The first kappa shape index (κ1) is 34.1. The number of aromatic nitrogens is 2. The molecular formula is C31H37F2N5O5SSi. The summed E-state index contributed by atoms with van der Waals surface area (Å²) in [6, 6.07) is 5.04. The van der Waals surface area contributed by atoms with E-state index < -0.39 is 42.0 Å². The van der Waals surface area contributed by atoms with E-state index in [1.165, 1.54) is 41.6 Å². The van der Waals surface area contributed by atoms with Gasteiger partial charge in [0.15, 0.2) is 12.4 Å². The first-order valence-corrected chi connectivity index (χ1v) is 18.8. The molecule has 0 spiro atoms. The number of halogens is 2. The minimum absolute atomic E-state index is 0.00244. The second kappa shape index (κ2) is 13.7. The summed E-state index contributed by atoms with van der Waals surface area (Å²) in [6.07, 6.45) is 8.37. The molecule has 2 heterocycles. The van der Waals surface area contributed by atoms with E-state index in [0.29, 0.717) is 18.6 Å². The number of nitrogens with one attached hydrogen (secondary N) is 1. The second-order valence-electron chi connectivity index (χ2n) is 12.4. The molecule has 0 bridgehead atoms. The molecule has 0 saturated heterocycles. The number of benzene rings is 1. The van der Waals surface area contributed by atoms with Crippen LogP contribution in [0.15, 0.2) is 35.6 Å². The van der Waals surface area contributed by atoms with Gasteiger partial charge in [0, 0.05) is 40.3 Å². The molecule has 1 N–H and O–H groups in total. The molecule has 240 valence electrons. The standard InChI is InChI=1S/C31H37F2N5O5SSi/c1-8-11-42-26-18-34-24(17-35-26)23(33)15-20-9-10-22(32)21(14-20)30(2)25-16-31(25,27(39)38(3)4)44-29(37-30)43-28(40)36-19-41-12-13-45(5,6)7/h1,9-10,14-15,17-18,25H,11-13,16,19H2,2-7H3,(H,36,40)/b23-15-/t25-,30+,31-/m0/s1. The maximum Gasteiger partial charge on any atom is 0.416 e. The van der Waals surface area contributed by atoms with Crippen molar-refractivity contribution in [2.24, 2.45) is 10.9 Å². The average molecular weight is 658 g/mol. The minimum Gasteiger partial charge on any atom is -0.463 e. The number of carbonyl (C=O) groups is 2. The molecule has 1 aromatic heterocycles. The molecule has 1 fully saturated rings. The number of thioether (sulfide) groups is 1. The zero-order valence-electron chi connectivity index (χ0n) is 26.1. The Bertz CT molecular complexity index is 1540. The fraction of sp³-hybridized carbons (Fsp3) is 0.452. The molecule has 0 radical (unpaired) electrons. The lowest BCUT2D eigenvalue weighted by molar-refractivity contribution is -0.129. The summed E-state index contributed by atoms with van der Waals surface area (Å²) in [5, 5.41) is 2.46. The summed E-state index contributed by atoms with van der Waals surface area (Å²) in [5.41, 5.74) is -0.909. The molecule has 3 atom stereocenters. The Morgan fingerprint density at radius 3 is 2.67 bits per heavy atom. The van der Waals surface area contributed by atoms with Crippen LogP contribution >= 0.6 is 11.8 Å². The number of alkyl carbamates (subject to hydrolysis) is 1. The Kier molecular flexibility index (Phi) is 10.4. The highest BCUT2D eigenvalue weighted by Gasteiger charge is 2.71. The zero-order valence-corrected chi connectivity index (χ0v) is 28.0. The average Bonchev–Trinajstić information content (AvgIpc) is 3.73. The third-order valence-corrected chi connectivity index (χ3v) is 10.5. The summed E-state index contributed by atoms with van der Waals surface area (Å²) in [4.78, 5) is 40.1.